The van der Waals surface area contributed by atoms with E-state index >= 15 is 0 Å². The Morgan fingerprint density at radius 1 is 1.52 bits per heavy atom. The van der Waals surface area contributed by atoms with E-state index in [-0.39, 0.29) is 36.4 Å². The van der Waals surface area contributed by atoms with Crippen LogP contribution in [0.1, 0.15) is 20.2 Å². The number of hydrogen-bond donors (Lipinski definition) is 2. The van der Waals surface area contributed by atoms with Crippen molar-refractivity contribution < 1.29 is 19.1 Å². The Morgan fingerprint density at radius 2 is 2.28 bits per heavy atom. The fourth-order valence-electron chi connectivity index (χ4n) is 2.35. The van der Waals surface area contributed by atoms with Crippen molar-refractivity contribution in [1.82, 2.24) is 15.2 Å². The molecule has 0 aliphatic carbocycles. The molecule has 0 saturated carbocycles. The summed E-state index contributed by atoms with van der Waals surface area (Å²) < 4.78 is 14.5. The van der Waals surface area contributed by atoms with E-state index in [0.717, 1.165) is 16.9 Å². The van der Waals surface area contributed by atoms with E-state index in [4.69, 9.17) is 0 Å². The van der Waals surface area contributed by atoms with E-state index in [9.17, 15) is 19.1 Å². The Balaban J connectivity index is 1.47. The molecule has 6 nitrogen and oxygen atoms in total. The van der Waals surface area contributed by atoms with Crippen molar-refractivity contribution in [2.45, 2.75) is 12.6 Å². The molecule has 2 aromatic heterocycles. The number of halogens is 1. The number of hydrogen-bond acceptors (Lipinski definition) is 6. The number of rotatable bonds is 5. The standard InChI is InChI=1S/C16H16FN3O3S2/c1-10-13(22)19-14(25-10)15(23)20-8-16(17,9-20)7-18-12(21)3-2-11-4-5-24-6-11/h2-6,22H,7-9H2,1H3,(H,18,21)/b3-2+. The van der Waals surface area contributed by atoms with Crippen molar-refractivity contribution in [2.24, 2.45) is 0 Å². The molecule has 0 spiro atoms. The lowest BCUT2D eigenvalue weighted by atomic mass is 9.96. The Kier molecular flexibility index (Phi) is 4.87. The molecule has 0 aromatic carbocycles. The smallest absolute Gasteiger partial charge is 0.283 e. The van der Waals surface area contributed by atoms with E-state index < -0.39 is 11.6 Å². The third-order valence-corrected chi connectivity index (χ3v) is 5.39. The largest absolute Gasteiger partial charge is 0.492 e. The highest BCUT2D eigenvalue weighted by atomic mass is 32.1. The molecule has 0 unspecified atom stereocenters. The third kappa shape index (κ3) is 4.05. The second kappa shape index (κ2) is 6.93. The molecule has 2 N–H and O–H groups in total. The van der Waals surface area contributed by atoms with Gasteiger partial charge in [0.2, 0.25) is 11.8 Å². The van der Waals surface area contributed by atoms with Crippen molar-refractivity contribution in [3.63, 3.8) is 0 Å². The molecule has 9 heteroatoms. The number of likely N-dealkylation sites (tertiary alicyclic amines) is 1. The maximum atomic E-state index is 14.5. The molecule has 2 aromatic rings. The van der Waals surface area contributed by atoms with E-state index in [2.05, 4.69) is 10.3 Å². The normalized spacial score (nSPS) is 16.0. The molecule has 1 aliphatic rings. The van der Waals surface area contributed by atoms with Gasteiger partial charge in [0.15, 0.2) is 10.7 Å². The molecule has 25 heavy (non-hydrogen) atoms. The number of carbonyl (C=O) groups is 2. The van der Waals surface area contributed by atoms with Crippen LogP contribution >= 0.6 is 22.7 Å². The fourth-order valence-corrected chi connectivity index (χ4v) is 3.76. The maximum Gasteiger partial charge on any atom is 0.283 e. The number of aromatic hydroxyl groups is 1. The van der Waals surface area contributed by atoms with Gasteiger partial charge in [-0.3, -0.25) is 9.59 Å². The summed E-state index contributed by atoms with van der Waals surface area (Å²) in [5.41, 5.74) is -0.729. The third-order valence-electron chi connectivity index (χ3n) is 3.74. The van der Waals surface area contributed by atoms with E-state index in [1.807, 2.05) is 16.8 Å². The number of aromatic nitrogens is 1. The Labute approximate surface area is 151 Å². The molecule has 0 atom stereocenters. The number of thiophene rings is 1. The minimum Gasteiger partial charge on any atom is -0.492 e. The zero-order valence-corrected chi connectivity index (χ0v) is 15.0. The highest BCUT2D eigenvalue weighted by Gasteiger charge is 2.46. The molecule has 2 amide bonds. The molecule has 132 valence electrons. The topological polar surface area (TPSA) is 82.5 Å². The first-order valence-corrected chi connectivity index (χ1v) is 9.25. The van der Waals surface area contributed by atoms with Crippen LogP contribution in [0.4, 0.5) is 4.39 Å². The van der Waals surface area contributed by atoms with E-state index in [1.165, 1.54) is 22.3 Å². The van der Waals surface area contributed by atoms with Crippen molar-refractivity contribution in [1.29, 1.82) is 0 Å². The summed E-state index contributed by atoms with van der Waals surface area (Å²) in [5, 5.41) is 15.9. The van der Waals surface area contributed by atoms with E-state index in [1.54, 1.807) is 13.0 Å². The average Bonchev–Trinajstić information content (AvgIpc) is 3.18. The van der Waals surface area contributed by atoms with Crippen LogP contribution in [0.3, 0.4) is 0 Å². The molecular formula is C16H16FN3O3S2. The Bertz CT molecular complexity index is 791. The van der Waals surface area contributed by atoms with Gasteiger partial charge in [-0.15, -0.1) is 11.3 Å². The van der Waals surface area contributed by atoms with Gasteiger partial charge < -0.3 is 15.3 Å². The van der Waals surface area contributed by atoms with Gasteiger partial charge in [0, 0.05) is 6.08 Å². The lowest BCUT2D eigenvalue weighted by molar-refractivity contribution is -0.118. The summed E-state index contributed by atoms with van der Waals surface area (Å²) in [6.07, 6.45) is 3.01. The Hall–Kier alpha value is -2.26. The first kappa shape index (κ1) is 17.6. The fraction of sp³-hybridized carbons (Fsp3) is 0.312. The van der Waals surface area contributed by atoms with Crippen molar-refractivity contribution in [2.75, 3.05) is 19.6 Å². The number of nitrogens with zero attached hydrogens (tertiary/aromatic N) is 2. The van der Waals surface area contributed by atoms with Gasteiger partial charge in [-0.25, -0.2) is 4.39 Å². The number of aryl methyl sites for hydroxylation is 1. The van der Waals surface area contributed by atoms with Gasteiger partial charge in [-0.05, 0) is 35.4 Å². The van der Waals surface area contributed by atoms with Crippen molar-refractivity contribution in [3.05, 3.63) is 38.4 Å². The summed E-state index contributed by atoms with van der Waals surface area (Å²) in [7, 11) is 0. The van der Waals surface area contributed by atoms with Gasteiger partial charge in [0.1, 0.15) is 0 Å². The van der Waals surface area contributed by atoms with Crippen molar-refractivity contribution in [3.8, 4) is 5.88 Å². The van der Waals surface area contributed by atoms with Crippen LogP contribution in [0, 0.1) is 6.92 Å². The molecule has 1 fully saturated rings. The first-order valence-electron chi connectivity index (χ1n) is 7.49. The second-order valence-corrected chi connectivity index (χ2v) is 7.80. The number of amides is 2. The van der Waals surface area contributed by atoms with Gasteiger partial charge in [0.05, 0.1) is 24.5 Å². The first-order chi connectivity index (χ1) is 11.9. The molecule has 1 aliphatic heterocycles. The van der Waals surface area contributed by atoms with Crippen molar-refractivity contribution >= 4 is 40.6 Å². The predicted octanol–water partition coefficient (Wildman–Crippen LogP) is 2.21. The van der Waals surface area contributed by atoms with Gasteiger partial charge in [-0.1, -0.05) is 0 Å². The van der Waals surface area contributed by atoms with Crippen LogP contribution in [0.15, 0.2) is 22.9 Å². The number of alkyl halides is 1. The quantitative estimate of drug-likeness (QED) is 0.778. The zero-order chi connectivity index (χ0) is 18.0. The SMILES string of the molecule is Cc1sc(C(=O)N2CC(F)(CNC(=O)/C=C/c3ccsc3)C2)nc1O. The van der Waals surface area contributed by atoms with Crippen LogP contribution in [0.25, 0.3) is 6.08 Å². The maximum absolute atomic E-state index is 14.5. The van der Waals surface area contributed by atoms with Crippen LogP contribution in [-0.4, -0.2) is 52.1 Å². The van der Waals surface area contributed by atoms with Crippen LogP contribution < -0.4 is 5.32 Å². The monoisotopic (exact) mass is 381 g/mol. The van der Waals surface area contributed by atoms with Gasteiger partial charge in [0.25, 0.3) is 5.91 Å². The molecule has 0 radical (unpaired) electrons. The highest BCUT2D eigenvalue weighted by molar-refractivity contribution is 7.13. The minimum absolute atomic E-state index is 0.111. The van der Waals surface area contributed by atoms with Crippen LogP contribution in [-0.2, 0) is 4.79 Å². The predicted molar refractivity (Wildman–Crippen MR) is 94.6 cm³/mol. The molecule has 1 saturated heterocycles. The van der Waals surface area contributed by atoms with Gasteiger partial charge in [-0.2, -0.15) is 16.3 Å². The lowest BCUT2D eigenvalue weighted by Gasteiger charge is -2.43. The molecular weight excluding hydrogens is 365 g/mol. The summed E-state index contributed by atoms with van der Waals surface area (Å²) in [6.45, 7) is 1.27. The minimum atomic E-state index is -1.64. The second-order valence-electron chi connectivity index (χ2n) is 5.82. The summed E-state index contributed by atoms with van der Waals surface area (Å²) in [4.78, 5) is 29.5. The lowest BCUT2D eigenvalue weighted by Crippen LogP contribution is -2.65. The summed E-state index contributed by atoms with van der Waals surface area (Å²) in [5.74, 6) is -0.969. The summed E-state index contributed by atoms with van der Waals surface area (Å²) in [6, 6.07) is 1.87. The molecule has 0 bridgehead atoms. The number of carbonyl (C=O) groups excluding carboxylic acids is 2. The van der Waals surface area contributed by atoms with Crippen LogP contribution in [0.2, 0.25) is 0 Å². The Morgan fingerprint density at radius 3 is 2.88 bits per heavy atom. The van der Waals surface area contributed by atoms with Gasteiger partial charge >= 0.3 is 0 Å². The number of thiazole rings is 1. The van der Waals surface area contributed by atoms with E-state index in [0.29, 0.717) is 4.88 Å². The average molecular weight is 381 g/mol. The molecule has 3 heterocycles. The van der Waals surface area contributed by atoms with Crippen LogP contribution in [0.5, 0.6) is 5.88 Å². The number of nitrogens with one attached hydrogen (secondary N) is 1. The summed E-state index contributed by atoms with van der Waals surface area (Å²) >= 11 is 2.60. The molecule has 3 rings (SSSR count). The highest BCUT2D eigenvalue weighted by Crippen LogP contribution is 2.29. The zero-order valence-electron chi connectivity index (χ0n) is 13.4.